The molecule has 30 heavy (non-hydrogen) atoms. The average molecular weight is 421 g/mol. The number of nitrogen functional groups attached to an aromatic ring is 1. The van der Waals surface area contributed by atoms with E-state index < -0.39 is 0 Å². The Labute approximate surface area is 178 Å². The van der Waals surface area contributed by atoms with Crippen LogP contribution in [0.15, 0.2) is 35.9 Å². The van der Waals surface area contributed by atoms with E-state index >= 15 is 0 Å². The van der Waals surface area contributed by atoms with Crippen molar-refractivity contribution in [1.29, 1.82) is 5.26 Å². The molecule has 0 spiro atoms. The number of fused-ring (bicyclic) bond motifs is 2. The first-order chi connectivity index (χ1) is 14.6. The maximum absolute atomic E-state index is 9.57. The van der Waals surface area contributed by atoms with E-state index in [0.717, 1.165) is 46.9 Å². The van der Waals surface area contributed by atoms with Gasteiger partial charge < -0.3 is 20.6 Å². The van der Waals surface area contributed by atoms with Gasteiger partial charge in [-0.05, 0) is 36.2 Å². The number of imidazole rings is 1. The minimum atomic E-state index is 0.376. The fourth-order valence-corrected chi connectivity index (χ4v) is 4.35. The molecule has 0 aliphatic carbocycles. The summed E-state index contributed by atoms with van der Waals surface area (Å²) >= 11 is 1.58. The molecule has 4 aromatic rings. The smallest absolute Gasteiger partial charge is 0.170 e. The van der Waals surface area contributed by atoms with Gasteiger partial charge in [-0.15, -0.1) is 0 Å². The number of anilines is 1. The molecule has 0 saturated carbocycles. The van der Waals surface area contributed by atoms with Gasteiger partial charge in [0.2, 0.25) is 0 Å². The molecule has 0 aliphatic rings. The van der Waals surface area contributed by atoms with Crippen molar-refractivity contribution in [1.82, 2.24) is 29.8 Å². The maximum Gasteiger partial charge on any atom is 0.170 e. The Morgan fingerprint density at radius 3 is 3.00 bits per heavy atom. The third kappa shape index (κ3) is 4.10. The van der Waals surface area contributed by atoms with Crippen molar-refractivity contribution in [3.63, 3.8) is 0 Å². The van der Waals surface area contributed by atoms with E-state index in [0.29, 0.717) is 28.6 Å². The molecule has 0 atom stereocenters. The van der Waals surface area contributed by atoms with Crippen molar-refractivity contribution in [2.45, 2.75) is 31.3 Å². The molecule has 0 unspecified atom stereocenters. The monoisotopic (exact) mass is 420 g/mol. The largest absolute Gasteiger partial charge is 0.382 e. The first-order valence-electron chi connectivity index (χ1n) is 9.87. The van der Waals surface area contributed by atoms with E-state index in [4.69, 9.17) is 10.7 Å². The highest BCUT2D eigenvalue weighted by atomic mass is 32.2. The number of aromatic amines is 1. The van der Waals surface area contributed by atoms with Crippen LogP contribution in [-0.2, 0) is 12.3 Å². The van der Waals surface area contributed by atoms with Gasteiger partial charge >= 0.3 is 0 Å². The molecule has 8 nitrogen and oxygen atoms in total. The van der Waals surface area contributed by atoms with Crippen LogP contribution in [0.3, 0.4) is 0 Å². The third-order valence-electron chi connectivity index (χ3n) is 4.84. The lowest BCUT2D eigenvalue weighted by Gasteiger charge is -2.11. The number of nitrogens with one attached hydrogen (secondary N) is 2. The predicted molar refractivity (Wildman–Crippen MR) is 120 cm³/mol. The topological polar surface area (TPSA) is 121 Å². The van der Waals surface area contributed by atoms with E-state index in [1.165, 1.54) is 6.33 Å². The van der Waals surface area contributed by atoms with E-state index in [1.807, 2.05) is 24.4 Å². The summed E-state index contributed by atoms with van der Waals surface area (Å²) in [5, 5.41) is 14.9. The Morgan fingerprint density at radius 1 is 1.33 bits per heavy atom. The second kappa shape index (κ2) is 8.73. The van der Waals surface area contributed by atoms with Crippen LogP contribution < -0.4 is 11.1 Å². The van der Waals surface area contributed by atoms with Crippen LogP contribution in [0.4, 0.5) is 5.82 Å². The number of aromatic nitrogens is 5. The van der Waals surface area contributed by atoms with Gasteiger partial charge in [0.15, 0.2) is 22.1 Å². The van der Waals surface area contributed by atoms with Gasteiger partial charge in [-0.25, -0.2) is 15.0 Å². The summed E-state index contributed by atoms with van der Waals surface area (Å²) in [4.78, 5) is 16.4. The SMILES string of the molecule is CC(C)CNCCn1c(SCc2cc3[nH]ccc3cc2C#N)nc2c(N)ncnc21. The van der Waals surface area contributed by atoms with Crippen molar-refractivity contribution in [3.8, 4) is 6.07 Å². The maximum atomic E-state index is 9.57. The number of nitriles is 1. The zero-order valence-corrected chi connectivity index (χ0v) is 17.8. The minimum absolute atomic E-state index is 0.376. The number of H-pyrrole nitrogens is 1. The summed E-state index contributed by atoms with van der Waals surface area (Å²) in [6, 6.07) is 8.23. The van der Waals surface area contributed by atoms with Crippen LogP contribution in [0.25, 0.3) is 22.1 Å². The van der Waals surface area contributed by atoms with Gasteiger partial charge in [-0.3, -0.25) is 0 Å². The van der Waals surface area contributed by atoms with Crippen LogP contribution in [0.2, 0.25) is 0 Å². The summed E-state index contributed by atoms with van der Waals surface area (Å²) in [5.41, 5.74) is 10.0. The van der Waals surface area contributed by atoms with Crippen molar-refractivity contribution < 1.29 is 0 Å². The van der Waals surface area contributed by atoms with Gasteiger partial charge in [-0.2, -0.15) is 5.26 Å². The fourth-order valence-electron chi connectivity index (χ4n) is 3.34. The fraction of sp³-hybridized carbons (Fsp3) is 0.333. The lowest BCUT2D eigenvalue weighted by molar-refractivity contribution is 0.516. The Balaban J connectivity index is 1.61. The number of thioether (sulfide) groups is 1. The average Bonchev–Trinajstić information content (AvgIpc) is 3.33. The molecule has 0 amide bonds. The number of nitrogens with two attached hydrogens (primary N) is 1. The molecule has 3 aromatic heterocycles. The van der Waals surface area contributed by atoms with E-state index in [1.54, 1.807) is 11.8 Å². The summed E-state index contributed by atoms with van der Waals surface area (Å²) in [6.07, 6.45) is 3.35. The first kappa shape index (κ1) is 20.2. The van der Waals surface area contributed by atoms with Crippen molar-refractivity contribution in [2.75, 3.05) is 18.8 Å². The number of hydrogen-bond donors (Lipinski definition) is 3. The summed E-state index contributed by atoms with van der Waals surface area (Å²) in [6.45, 7) is 6.85. The molecule has 0 saturated heterocycles. The van der Waals surface area contributed by atoms with Crippen LogP contribution in [0.5, 0.6) is 0 Å². The van der Waals surface area contributed by atoms with E-state index in [-0.39, 0.29) is 0 Å². The second-order valence-electron chi connectivity index (χ2n) is 7.55. The molecule has 9 heteroatoms. The molecule has 0 fully saturated rings. The number of nitrogens with zero attached hydrogens (tertiary/aromatic N) is 5. The van der Waals surface area contributed by atoms with Crippen LogP contribution in [0, 0.1) is 17.2 Å². The third-order valence-corrected chi connectivity index (χ3v) is 5.87. The number of benzene rings is 1. The van der Waals surface area contributed by atoms with Gasteiger partial charge in [0.05, 0.1) is 11.6 Å². The van der Waals surface area contributed by atoms with Gasteiger partial charge in [0, 0.05) is 35.9 Å². The summed E-state index contributed by atoms with van der Waals surface area (Å²) in [5.74, 6) is 1.58. The summed E-state index contributed by atoms with van der Waals surface area (Å²) < 4.78 is 2.07. The quantitative estimate of drug-likeness (QED) is 0.295. The molecular weight excluding hydrogens is 396 g/mol. The molecule has 154 valence electrons. The first-order valence-corrected chi connectivity index (χ1v) is 10.9. The highest BCUT2D eigenvalue weighted by Crippen LogP contribution is 2.29. The zero-order valence-electron chi connectivity index (χ0n) is 17.0. The van der Waals surface area contributed by atoms with Crippen molar-refractivity contribution >= 4 is 39.6 Å². The van der Waals surface area contributed by atoms with Gasteiger partial charge in [-0.1, -0.05) is 25.6 Å². The molecule has 4 rings (SSSR count). The minimum Gasteiger partial charge on any atom is -0.382 e. The molecule has 1 aromatic carbocycles. The predicted octanol–water partition coefficient (Wildman–Crippen LogP) is 3.30. The Hall–Kier alpha value is -3.09. The van der Waals surface area contributed by atoms with Crippen molar-refractivity contribution in [2.24, 2.45) is 5.92 Å². The van der Waals surface area contributed by atoms with Crippen LogP contribution in [0.1, 0.15) is 25.0 Å². The van der Waals surface area contributed by atoms with Crippen LogP contribution >= 0.6 is 11.8 Å². The lowest BCUT2D eigenvalue weighted by Crippen LogP contribution is -2.24. The van der Waals surface area contributed by atoms with Crippen LogP contribution in [-0.4, -0.2) is 37.6 Å². The number of hydrogen-bond acceptors (Lipinski definition) is 7. The molecule has 0 bridgehead atoms. The summed E-state index contributed by atoms with van der Waals surface area (Å²) in [7, 11) is 0. The molecule has 0 aliphatic heterocycles. The molecule has 3 heterocycles. The molecule has 4 N–H and O–H groups in total. The van der Waals surface area contributed by atoms with Gasteiger partial charge in [0.25, 0.3) is 0 Å². The standard InChI is InChI=1S/C21H24N8S/c1-13(2)10-24-5-6-29-20-18(19(23)26-12-27-20)28-21(29)30-11-16-8-17-14(3-4-25-17)7-15(16)9-22/h3-4,7-8,12-13,24-25H,5-6,10-11H2,1-2H3,(H2,23,26,27). The zero-order chi connectivity index (χ0) is 21.1. The molecule has 0 radical (unpaired) electrons. The lowest BCUT2D eigenvalue weighted by atomic mass is 10.1. The van der Waals surface area contributed by atoms with Crippen molar-refractivity contribution in [3.05, 3.63) is 41.9 Å². The second-order valence-corrected chi connectivity index (χ2v) is 8.49. The highest BCUT2D eigenvalue weighted by molar-refractivity contribution is 7.98. The Kier molecular flexibility index (Phi) is 5.88. The van der Waals surface area contributed by atoms with E-state index in [9.17, 15) is 5.26 Å². The Bertz CT molecular complexity index is 1220. The number of rotatable bonds is 8. The Morgan fingerprint density at radius 2 is 2.20 bits per heavy atom. The highest BCUT2D eigenvalue weighted by Gasteiger charge is 2.16. The molecular formula is C21H24N8S. The normalized spacial score (nSPS) is 11.5. The van der Waals surface area contributed by atoms with E-state index in [2.05, 4.69) is 44.8 Å². The van der Waals surface area contributed by atoms with Gasteiger partial charge in [0.1, 0.15) is 6.33 Å².